The molecular weight excluding hydrogens is 266 g/mol. The van der Waals surface area contributed by atoms with Crippen molar-refractivity contribution in [3.8, 4) is 0 Å². The minimum Gasteiger partial charge on any atom is -0.477 e. The number of aromatic carboxylic acids is 1. The highest BCUT2D eigenvalue weighted by molar-refractivity contribution is 7.98. The molecule has 0 saturated carbocycles. The first-order chi connectivity index (χ1) is 9.06. The molecule has 1 heterocycles. The van der Waals surface area contributed by atoms with Crippen molar-refractivity contribution in [2.24, 2.45) is 0 Å². The molecule has 1 atom stereocenters. The molecule has 0 aliphatic rings. The minimum atomic E-state index is -1.10. The smallest absolute Gasteiger partial charge is 0.354 e. The first-order valence-corrected chi connectivity index (χ1v) is 7.22. The molecule has 19 heavy (non-hydrogen) atoms. The number of carbonyl (C=O) groups excluding carboxylic acids is 1. The van der Waals surface area contributed by atoms with Crippen LogP contribution in [0.25, 0.3) is 0 Å². The fourth-order valence-electron chi connectivity index (χ4n) is 1.41. The van der Waals surface area contributed by atoms with Crippen LogP contribution in [0.3, 0.4) is 0 Å². The van der Waals surface area contributed by atoms with E-state index in [1.54, 1.807) is 11.8 Å². The van der Waals surface area contributed by atoms with Gasteiger partial charge in [-0.15, -0.1) is 0 Å². The second kappa shape index (κ2) is 7.63. The van der Waals surface area contributed by atoms with Crippen molar-refractivity contribution in [1.29, 1.82) is 0 Å². The Hall–Kier alpha value is -1.76. The van der Waals surface area contributed by atoms with E-state index in [2.05, 4.69) is 15.6 Å². The van der Waals surface area contributed by atoms with E-state index in [-0.39, 0.29) is 17.8 Å². The van der Waals surface area contributed by atoms with Gasteiger partial charge in [0.15, 0.2) is 0 Å². The van der Waals surface area contributed by atoms with Crippen LogP contribution in [0.4, 0.5) is 10.5 Å². The van der Waals surface area contributed by atoms with Gasteiger partial charge in [-0.05, 0) is 24.8 Å². The predicted molar refractivity (Wildman–Crippen MR) is 75.8 cm³/mol. The van der Waals surface area contributed by atoms with Crippen molar-refractivity contribution in [2.45, 2.75) is 19.4 Å². The Bertz CT molecular complexity index is 436. The third-order valence-electron chi connectivity index (χ3n) is 2.44. The molecule has 2 amide bonds. The molecule has 0 bridgehead atoms. The molecule has 6 nitrogen and oxygen atoms in total. The first kappa shape index (κ1) is 15.3. The number of urea groups is 1. The van der Waals surface area contributed by atoms with E-state index in [0.717, 1.165) is 12.2 Å². The quantitative estimate of drug-likeness (QED) is 0.743. The van der Waals surface area contributed by atoms with Gasteiger partial charge in [-0.2, -0.15) is 11.8 Å². The van der Waals surface area contributed by atoms with Gasteiger partial charge in [0.05, 0.1) is 11.9 Å². The SMILES string of the molecule is CCC(CSC)NC(=O)Nc1ccc(C(=O)O)nc1. The Morgan fingerprint density at radius 3 is 2.68 bits per heavy atom. The van der Waals surface area contributed by atoms with Crippen LogP contribution in [0.5, 0.6) is 0 Å². The number of hydrogen-bond donors (Lipinski definition) is 3. The summed E-state index contributed by atoms with van der Waals surface area (Å²) in [6.45, 7) is 2.00. The van der Waals surface area contributed by atoms with Gasteiger partial charge in [0.1, 0.15) is 5.69 Å². The van der Waals surface area contributed by atoms with Gasteiger partial charge in [0.2, 0.25) is 0 Å². The molecule has 1 rings (SSSR count). The summed E-state index contributed by atoms with van der Waals surface area (Å²) in [5.41, 5.74) is 0.404. The zero-order valence-electron chi connectivity index (χ0n) is 10.8. The summed E-state index contributed by atoms with van der Waals surface area (Å²) < 4.78 is 0. The molecular formula is C12H17N3O3S. The summed E-state index contributed by atoms with van der Waals surface area (Å²) in [4.78, 5) is 26.0. The Kier molecular flexibility index (Phi) is 6.14. The van der Waals surface area contributed by atoms with Crippen LogP contribution in [-0.4, -0.2) is 40.1 Å². The number of rotatable bonds is 6. The molecule has 0 spiro atoms. The van der Waals surface area contributed by atoms with Gasteiger partial charge in [0, 0.05) is 11.8 Å². The van der Waals surface area contributed by atoms with Gasteiger partial charge in [0.25, 0.3) is 0 Å². The van der Waals surface area contributed by atoms with Crippen molar-refractivity contribution >= 4 is 29.4 Å². The van der Waals surface area contributed by atoms with Crippen LogP contribution in [0.2, 0.25) is 0 Å². The van der Waals surface area contributed by atoms with Crippen LogP contribution < -0.4 is 10.6 Å². The number of carboxylic acid groups (broad SMARTS) is 1. The molecule has 0 aliphatic carbocycles. The maximum Gasteiger partial charge on any atom is 0.354 e. The highest BCUT2D eigenvalue weighted by Gasteiger charge is 2.10. The highest BCUT2D eigenvalue weighted by atomic mass is 32.2. The van der Waals surface area contributed by atoms with Crippen LogP contribution in [0, 0.1) is 0 Å². The molecule has 104 valence electrons. The van der Waals surface area contributed by atoms with Crippen LogP contribution in [0.15, 0.2) is 18.3 Å². The minimum absolute atomic E-state index is 0.0558. The molecule has 0 radical (unpaired) electrons. The fraction of sp³-hybridized carbons (Fsp3) is 0.417. The number of nitrogens with one attached hydrogen (secondary N) is 2. The van der Waals surface area contributed by atoms with Gasteiger partial charge in [-0.25, -0.2) is 14.6 Å². The van der Waals surface area contributed by atoms with Crippen LogP contribution in [0.1, 0.15) is 23.8 Å². The number of nitrogens with zero attached hydrogens (tertiary/aromatic N) is 1. The molecule has 0 aliphatic heterocycles. The Morgan fingerprint density at radius 1 is 1.47 bits per heavy atom. The van der Waals surface area contributed by atoms with Crippen molar-refractivity contribution in [3.63, 3.8) is 0 Å². The first-order valence-electron chi connectivity index (χ1n) is 5.82. The number of hydrogen-bond acceptors (Lipinski definition) is 4. The van der Waals surface area contributed by atoms with E-state index in [9.17, 15) is 9.59 Å². The maximum absolute atomic E-state index is 11.7. The molecule has 0 fully saturated rings. The summed E-state index contributed by atoms with van der Waals surface area (Å²) in [5.74, 6) is -0.248. The highest BCUT2D eigenvalue weighted by Crippen LogP contribution is 2.07. The lowest BCUT2D eigenvalue weighted by molar-refractivity contribution is 0.0690. The number of thioether (sulfide) groups is 1. The second-order valence-electron chi connectivity index (χ2n) is 3.90. The number of pyridine rings is 1. The number of carboxylic acids is 1. The standard InChI is InChI=1S/C12H17N3O3S/c1-3-8(7-19-2)14-12(18)15-9-4-5-10(11(16)17)13-6-9/h4-6,8H,3,7H2,1-2H3,(H,16,17)(H2,14,15,18). The third-order valence-corrected chi connectivity index (χ3v) is 3.17. The number of carbonyl (C=O) groups is 2. The van der Waals surface area contributed by atoms with Crippen molar-refractivity contribution in [3.05, 3.63) is 24.0 Å². The fourth-order valence-corrected chi connectivity index (χ4v) is 2.13. The predicted octanol–water partition coefficient (Wildman–Crippen LogP) is 2.04. The van der Waals surface area contributed by atoms with Gasteiger partial charge in [-0.1, -0.05) is 6.92 Å². The topological polar surface area (TPSA) is 91.3 Å². The Balaban J connectivity index is 2.54. The van der Waals surface area contributed by atoms with E-state index >= 15 is 0 Å². The number of amides is 2. The second-order valence-corrected chi connectivity index (χ2v) is 4.81. The normalized spacial score (nSPS) is 11.7. The Labute approximate surface area is 116 Å². The van der Waals surface area contributed by atoms with Crippen LogP contribution in [-0.2, 0) is 0 Å². The van der Waals surface area contributed by atoms with E-state index in [1.807, 2.05) is 13.2 Å². The van der Waals surface area contributed by atoms with E-state index in [0.29, 0.717) is 5.69 Å². The summed E-state index contributed by atoms with van der Waals surface area (Å²) in [6, 6.07) is 2.65. The summed E-state index contributed by atoms with van der Waals surface area (Å²) in [5, 5.41) is 14.2. The summed E-state index contributed by atoms with van der Waals surface area (Å²) in [6.07, 6.45) is 4.15. The zero-order chi connectivity index (χ0) is 14.3. The molecule has 7 heteroatoms. The molecule has 1 aromatic heterocycles. The van der Waals surface area contributed by atoms with Gasteiger partial charge < -0.3 is 15.7 Å². The lowest BCUT2D eigenvalue weighted by Crippen LogP contribution is -2.39. The average Bonchev–Trinajstić information content (AvgIpc) is 2.38. The number of anilines is 1. The number of aromatic nitrogens is 1. The van der Waals surface area contributed by atoms with Crippen molar-refractivity contribution in [2.75, 3.05) is 17.3 Å². The largest absolute Gasteiger partial charge is 0.477 e. The summed E-state index contributed by atoms with van der Waals surface area (Å²) in [7, 11) is 0. The zero-order valence-corrected chi connectivity index (χ0v) is 11.7. The molecule has 3 N–H and O–H groups in total. The molecule has 1 aromatic rings. The molecule has 0 saturated heterocycles. The van der Waals surface area contributed by atoms with Gasteiger partial charge >= 0.3 is 12.0 Å². The van der Waals surface area contributed by atoms with E-state index < -0.39 is 5.97 Å². The summed E-state index contributed by atoms with van der Waals surface area (Å²) >= 11 is 1.67. The maximum atomic E-state index is 11.7. The molecule has 1 unspecified atom stereocenters. The monoisotopic (exact) mass is 283 g/mol. The van der Waals surface area contributed by atoms with Gasteiger partial charge in [-0.3, -0.25) is 0 Å². The van der Waals surface area contributed by atoms with E-state index in [1.165, 1.54) is 18.3 Å². The van der Waals surface area contributed by atoms with Crippen LogP contribution >= 0.6 is 11.8 Å². The third kappa shape index (κ3) is 5.17. The lowest BCUT2D eigenvalue weighted by Gasteiger charge is -2.16. The lowest BCUT2D eigenvalue weighted by atomic mass is 10.3. The average molecular weight is 283 g/mol. The Morgan fingerprint density at radius 2 is 2.21 bits per heavy atom. The van der Waals surface area contributed by atoms with Crippen molar-refractivity contribution in [1.82, 2.24) is 10.3 Å². The van der Waals surface area contributed by atoms with Crippen molar-refractivity contribution < 1.29 is 14.7 Å². The molecule has 0 aromatic carbocycles. The van der Waals surface area contributed by atoms with E-state index in [4.69, 9.17) is 5.11 Å².